The molecule has 2 aliphatic rings. The summed E-state index contributed by atoms with van der Waals surface area (Å²) in [6.07, 6.45) is 3.14. The van der Waals surface area contributed by atoms with E-state index in [1.165, 1.54) is 0 Å². The number of ketones is 1. The monoisotopic (exact) mass is 311 g/mol. The first-order valence-corrected chi connectivity index (χ1v) is 7.86. The second-order valence-electron chi connectivity index (χ2n) is 7.42. The number of allylic oxidation sites excluding steroid dienone is 2. The second kappa shape index (κ2) is 4.64. The quantitative estimate of drug-likeness (QED) is 0.691. The maximum Gasteiger partial charge on any atom is 0.256 e. The van der Waals surface area contributed by atoms with Gasteiger partial charge in [-0.15, -0.1) is 0 Å². The van der Waals surface area contributed by atoms with Crippen molar-refractivity contribution in [1.82, 2.24) is 9.55 Å². The highest BCUT2D eigenvalue weighted by Crippen LogP contribution is 2.53. The Morgan fingerprint density at radius 2 is 2.00 bits per heavy atom. The highest BCUT2D eigenvalue weighted by Gasteiger charge is 2.54. The number of hydrogen-bond donors (Lipinski definition) is 0. The van der Waals surface area contributed by atoms with E-state index in [4.69, 9.17) is 11.6 Å². The van der Waals surface area contributed by atoms with Crippen LogP contribution in [-0.4, -0.2) is 15.3 Å². The summed E-state index contributed by atoms with van der Waals surface area (Å²) in [5.74, 6) is 0.599. The van der Waals surface area contributed by atoms with E-state index < -0.39 is 10.8 Å². The number of aryl methyl sites for hydroxylation is 1. The molecule has 2 aliphatic carbocycles. The Kier molecular flexibility index (Phi) is 3.16. The SMILES string of the molecule is [C-]#[N+]C1=C[C@]2(C)c3nc(C)n(C)c(=O)c3CC[C@H]2C(C)(C)C1=O. The van der Waals surface area contributed by atoms with Crippen molar-refractivity contribution in [2.75, 3.05) is 0 Å². The summed E-state index contributed by atoms with van der Waals surface area (Å²) in [7, 11) is 1.73. The van der Waals surface area contributed by atoms with Gasteiger partial charge in [-0.25, -0.2) is 9.83 Å². The van der Waals surface area contributed by atoms with E-state index >= 15 is 0 Å². The molecule has 3 rings (SSSR count). The minimum Gasteiger partial charge on any atom is -0.307 e. The lowest BCUT2D eigenvalue weighted by atomic mass is 9.53. The highest BCUT2D eigenvalue weighted by molar-refractivity contribution is 6.02. The maximum absolute atomic E-state index is 12.6. The molecular weight excluding hydrogens is 290 g/mol. The molecule has 0 amide bonds. The average molecular weight is 311 g/mol. The van der Waals surface area contributed by atoms with Crippen LogP contribution < -0.4 is 5.56 Å². The normalized spacial score (nSPS) is 28.4. The molecule has 0 radical (unpaired) electrons. The molecule has 0 fully saturated rings. The lowest BCUT2D eigenvalue weighted by Gasteiger charge is -2.50. The summed E-state index contributed by atoms with van der Waals surface area (Å²) < 4.78 is 1.57. The molecule has 1 aromatic rings. The van der Waals surface area contributed by atoms with E-state index in [9.17, 15) is 9.59 Å². The molecule has 0 aliphatic heterocycles. The molecule has 5 nitrogen and oxygen atoms in total. The molecule has 5 heteroatoms. The fourth-order valence-electron chi connectivity index (χ4n) is 4.38. The summed E-state index contributed by atoms with van der Waals surface area (Å²) in [6.45, 7) is 15.0. The number of rotatable bonds is 0. The minimum absolute atomic E-state index is 0.0142. The van der Waals surface area contributed by atoms with Crippen LogP contribution in [0.3, 0.4) is 0 Å². The number of Topliss-reactive ketones (excluding diaryl/α,β-unsaturated/α-hetero) is 1. The van der Waals surface area contributed by atoms with Crippen LogP contribution in [0.25, 0.3) is 4.85 Å². The van der Waals surface area contributed by atoms with E-state index in [0.29, 0.717) is 12.2 Å². The Bertz CT molecular complexity index is 854. The van der Waals surface area contributed by atoms with Gasteiger partial charge in [0, 0.05) is 23.4 Å². The van der Waals surface area contributed by atoms with E-state index in [1.807, 2.05) is 27.7 Å². The fourth-order valence-corrected chi connectivity index (χ4v) is 4.38. The van der Waals surface area contributed by atoms with Crippen molar-refractivity contribution in [2.24, 2.45) is 18.4 Å². The van der Waals surface area contributed by atoms with Gasteiger partial charge in [-0.3, -0.25) is 9.36 Å². The van der Waals surface area contributed by atoms with Crippen LogP contribution in [0.1, 0.15) is 44.3 Å². The van der Waals surface area contributed by atoms with Gasteiger partial charge in [0.15, 0.2) is 5.78 Å². The van der Waals surface area contributed by atoms with Crippen LogP contribution in [-0.2, 0) is 23.7 Å². The zero-order chi connectivity index (χ0) is 17.2. The molecular formula is C18H21N3O2. The van der Waals surface area contributed by atoms with Gasteiger partial charge in [0.2, 0.25) is 5.70 Å². The predicted molar refractivity (Wildman–Crippen MR) is 86.9 cm³/mol. The van der Waals surface area contributed by atoms with Gasteiger partial charge in [-0.2, -0.15) is 0 Å². The number of carbonyl (C=O) groups excluding carboxylic acids is 1. The van der Waals surface area contributed by atoms with Gasteiger partial charge in [0.1, 0.15) is 5.82 Å². The number of carbonyl (C=O) groups is 1. The van der Waals surface area contributed by atoms with E-state index in [1.54, 1.807) is 17.7 Å². The summed E-state index contributed by atoms with van der Waals surface area (Å²) >= 11 is 0. The number of nitrogens with zero attached hydrogens (tertiary/aromatic N) is 3. The molecule has 1 aromatic heterocycles. The van der Waals surface area contributed by atoms with Gasteiger partial charge in [0.25, 0.3) is 5.56 Å². The van der Waals surface area contributed by atoms with E-state index in [-0.39, 0.29) is 23.0 Å². The molecule has 0 N–H and O–H groups in total. The molecule has 0 unspecified atom stereocenters. The Labute approximate surface area is 135 Å². The summed E-state index contributed by atoms with van der Waals surface area (Å²) in [5, 5.41) is 0. The molecule has 120 valence electrons. The predicted octanol–water partition coefficient (Wildman–Crippen LogP) is 2.32. The van der Waals surface area contributed by atoms with Gasteiger partial charge >= 0.3 is 0 Å². The minimum atomic E-state index is -0.627. The van der Waals surface area contributed by atoms with Crippen molar-refractivity contribution in [3.05, 3.63) is 50.6 Å². The second-order valence-corrected chi connectivity index (χ2v) is 7.42. The van der Waals surface area contributed by atoms with Crippen molar-refractivity contribution >= 4 is 5.78 Å². The van der Waals surface area contributed by atoms with Crippen molar-refractivity contribution in [3.63, 3.8) is 0 Å². The van der Waals surface area contributed by atoms with Crippen LogP contribution in [0.2, 0.25) is 0 Å². The first-order valence-electron chi connectivity index (χ1n) is 7.86. The summed E-state index contributed by atoms with van der Waals surface area (Å²) in [5.41, 5.74) is 0.445. The van der Waals surface area contributed by atoms with Gasteiger partial charge < -0.3 is 4.79 Å². The van der Waals surface area contributed by atoms with Crippen LogP contribution in [0.4, 0.5) is 0 Å². The largest absolute Gasteiger partial charge is 0.307 e. The Morgan fingerprint density at radius 3 is 2.61 bits per heavy atom. The fraction of sp³-hybridized carbons (Fsp3) is 0.556. The van der Waals surface area contributed by atoms with Gasteiger partial charge in [-0.05, 0) is 25.7 Å². The molecule has 0 saturated carbocycles. The molecule has 0 aromatic carbocycles. The van der Waals surface area contributed by atoms with Crippen LogP contribution in [0.5, 0.6) is 0 Å². The summed E-state index contributed by atoms with van der Waals surface area (Å²) in [4.78, 5) is 33.3. The number of aromatic nitrogens is 2. The van der Waals surface area contributed by atoms with Crippen molar-refractivity contribution in [3.8, 4) is 0 Å². The lowest BCUT2D eigenvalue weighted by molar-refractivity contribution is -0.128. The Balaban J connectivity index is 2.37. The standard InChI is InChI=1S/C18H21N3O2/c1-10-20-14-11(16(23)21(10)6)7-8-13-17(2,3)15(22)12(19-5)9-18(13,14)4/h9,13H,7-8H2,1-4,6H3/t13-,18-/m0/s1. The molecule has 0 spiro atoms. The first kappa shape index (κ1) is 15.7. The number of hydrogen-bond acceptors (Lipinski definition) is 3. The molecule has 0 bridgehead atoms. The topological polar surface area (TPSA) is 56.3 Å². The van der Waals surface area contributed by atoms with E-state index in [2.05, 4.69) is 4.85 Å². The third kappa shape index (κ3) is 1.87. The zero-order valence-corrected chi connectivity index (χ0v) is 14.2. The third-order valence-corrected chi connectivity index (χ3v) is 5.77. The molecule has 2 atom stereocenters. The van der Waals surface area contributed by atoms with Crippen molar-refractivity contribution in [2.45, 2.75) is 46.0 Å². The summed E-state index contributed by atoms with van der Waals surface area (Å²) in [6, 6.07) is 0. The first-order chi connectivity index (χ1) is 10.6. The highest BCUT2D eigenvalue weighted by atomic mass is 16.1. The maximum atomic E-state index is 12.6. The molecule has 0 saturated heterocycles. The van der Waals surface area contributed by atoms with Crippen molar-refractivity contribution in [1.29, 1.82) is 0 Å². The zero-order valence-electron chi connectivity index (χ0n) is 14.2. The van der Waals surface area contributed by atoms with E-state index in [0.717, 1.165) is 17.7 Å². The lowest BCUT2D eigenvalue weighted by Crippen LogP contribution is -2.52. The van der Waals surface area contributed by atoms with Crippen LogP contribution >= 0.6 is 0 Å². The Hall–Kier alpha value is -2.22. The molecule has 23 heavy (non-hydrogen) atoms. The third-order valence-electron chi connectivity index (χ3n) is 5.77. The molecule has 1 heterocycles. The average Bonchev–Trinajstić information content (AvgIpc) is 2.49. The smallest absolute Gasteiger partial charge is 0.256 e. The van der Waals surface area contributed by atoms with Gasteiger partial charge in [-0.1, -0.05) is 26.8 Å². The van der Waals surface area contributed by atoms with Crippen molar-refractivity contribution < 1.29 is 4.79 Å². The van der Waals surface area contributed by atoms with Crippen LogP contribution in [0.15, 0.2) is 16.6 Å². The Morgan fingerprint density at radius 1 is 1.35 bits per heavy atom. The number of fused-ring (bicyclic) bond motifs is 3. The van der Waals surface area contributed by atoms with Gasteiger partial charge in [0.05, 0.1) is 12.3 Å². The van der Waals surface area contributed by atoms with Crippen LogP contribution in [0, 0.1) is 24.8 Å².